The highest BCUT2D eigenvalue weighted by molar-refractivity contribution is 7.98. The van der Waals surface area contributed by atoms with Gasteiger partial charge < -0.3 is 20.1 Å². The van der Waals surface area contributed by atoms with Crippen molar-refractivity contribution in [2.45, 2.75) is 38.0 Å². The molecule has 0 saturated carbocycles. The van der Waals surface area contributed by atoms with E-state index < -0.39 is 30.1 Å². The van der Waals surface area contributed by atoms with E-state index in [2.05, 4.69) is 10.6 Å². The quantitative estimate of drug-likeness (QED) is 0.352. The molecule has 0 aliphatic heterocycles. The molecule has 36 heavy (non-hydrogen) atoms. The topological polar surface area (TPSA) is 93.7 Å². The fraction of sp³-hybridized carbons (Fsp3) is 0.250. The summed E-state index contributed by atoms with van der Waals surface area (Å²) < 4.78 is 10.6. The van der Waals surface area contributed by atoms with Crippen LogP contribution in [-0.2, 0) is 38.0 Å². The van der Waals surface area contributed by atoms with E-state index in [-0.39, 0.29) is 13.2 Å². The summed E-state index contributed by atoms with van der Waals surface area (Å²) in [6.07, 6.45) is -0.719. The minimum atomic E-state index is -0.906. The van der Waals surface area contributed by atoms with Crippen molar-refractivity contribution in [3.63, 3.8) is 0 Å². The van der Waals surface area contributed by atoms with Gasteiger partial charge in [0.05, 0.1) is 0 Å². The summed E-state index contributed by atoms with van der Waals surface area (Å²) >= 11 is 1.51. The van der Waals surface area contributed by atoms with E-state index in [1.54, 1.807) is 0 Å². The number of ether oxygens (including phenoxy) is 2. The molecule has 0 saturated heterocycles. The van der Waals surface area contributed by atoms with Gasteiger partial charge in [-0.1, -0.05) is 91.0 Å². The monoisotopic (exact) mass is 506 g/mol. The van der Waals surface area contributed by atoms with Crippen LogP contribution in [0.3, 0.4) is 0 Å². The van der Waals surface area contributed by atoms with Crippen LogP contribution in [0.1, 0.15) is 23.6 Å². The zero-order valence-corrected chi connectivity index (χ0v) is 20.9. The third kappa shape index (κ3) is 9.46. The molecule has 2 N–H and O–H groups in total. The van der Waals surface area contributed by atoms with Crippen LogP contribution in [0.5, 0.6) is 0 Å². The number of rotatable bonds is 12. The Balaban J connectivity index is 1.53. The molecule has 0 spiro atoms. The molecule has 0 bridgehead atoms. The predicted molar refractivity (Wildman–Crippen MR) is 140 cm³/mol. The first-order valence-electron chi connectivity index (χ1n) is 11.6. The number of alkyl carbamates (subject to hydrolysis) is 1. The van der Waals surface area contributed by atoms with Crippen molar-refractivity contribution < 1.29 is 23.9 Å². The minimum Gasteiger partial charge on any atom is -0.459 e. The Morgan fingerprint density at radius 1 is 0.722 bits per heavy atom. The van der Waals surface area contributed by atoms with Gasteiger partial charge in [0.1, 0.15) is 25.3 Å². The number of benzene rings is 3. The standard InChI is InChI=1S/C28H30N2O5S/c1-21(29-28(33)35-18-23-13-7-3-8-14-23)26(31)30-25(20-36-19-24-15-9-4-10-16-24)27(32)34-17-22-11-5-2-6-12-22/h2-16,21,25H,17-20H2,1H3,(H,29,33)(H,30,31)/t21-,25+/m1/s1. The van der Waals surface area contributed by atoms with Gasteiger partial charge >= 0.3 is 12.1 Å². The van der Waals surface area contributed by atoms with Gasteiger partial charge in [0.25, 0.3) is 0 Å². The van der Waals surface area contributed by atoms with Crippen molar-refractivity contribution in [1.82, 2.24) is 10.6 Å². The highest BCUT2D eigenvalue weighted by Crippen LogP contribution is 2.14. The number of hydrogen-bond donors (Lipinski definition) is 2. The zero-order valence-electron chi connectivity index (χ0n) is 20.1. The van der Waals surface area contributed by atoms with E-state index in [1.807, 2.05) is 91.0 Å². The van der Waals surface area contributed by atoms with Crippen molar-refractivity contribution in [3.05, 3.63) is 108 Å². The van der Waals surface area contributed by atoms with Crippen molar-refractivity contribution in [2.75, 3.05) is 5.75 Å². The van der Waals surface area contributed by atoms with Gasteiger partial charge in [0.2, 0.25) is 5.91 Å². The third-order valence-electron chi connectivity index (χ3n) is 5.16. The first-order valence-corrected chi connectivity index (χ1v) is 12.8. The number of carbonyl (C=O) groups excluding carboxylic acids is 3. The summed E-state index contributed by atoms with van der Waals surface area (Å²) in [4.78, 5) is 37.7. The lowest BCUT2D eigenvalue weighted by atomic mass is 10.2. The lowest BCUT2D eigenvalue weighted by Gasteiger charge is -2.20. The molecule has 7 nitrogen and oxygen atoms in total. The highest BCUT2D eigenvalue weighted by atomic mass is 32.2. The molecule has 0 heterocycles. The molecule has 0 aliphatic carbocycles. The van der Waals surface area contributed by atoms with Crippen LogP contribution in [0.2, 0.25) is 0 Å². The lowest BCUT2D eigenvalue weighted by Crippen LogP contribution is -2.51. The molecular weight excluding hydrogens is 476 g/mol. The summed E-state index contributed by atoms with van der Waals surface area (Å²) in [6.45, 7) is 1.73. The van der Waals surface area contributed by atoms with Gasteiger partial charge in [-0.15, -0.1) is 0 Å². The Morgan fingerprint density at radius 2 is 1.22 bits per heavy atom. The van der Waals surface area contributed by atoms with E-state index in [9.17, 15) is 14.4 Å². The van der Waals surface area contributed by atoms with Crippen LogP contribution in [0.15, 0.2) is 91.0 Å². The number of amides is 2. The van der Waals surface area contributed by atoms with E-state index in [1.165, 1.54) is 18.7 Å². The summed E-state index contributed by atoms with van der Waals surface area (Å²) in [6, 6.07) is 26.6. The zero-order chi connectivity index (χ0) is 25.6. The second-order valence-electron chi connectivity index (χ2n) is 8.08. The Hall–Kier alpha value is -3.78. The fourth-order valence-electron chi connectivity index (χ4n) is 3.17. The number of esters is 1. The smallest absolute Gasteiger partial charge is 0.408 e. The van der Waals surface area contributed by atoms with Gasteiger partial charge in [-0.05, 0) is 23.6 Å². The first kappa shape index (κ1) is 26.8. The average Bonchev–Trinajstić information content (AvgIpc) is 2.91. The third-order valence-corrected chi connectivity index (χ3v) is 6.27. The van der Waals surface area contributed by atoms with Crippen LogP contribution in [-0.4, -0.2) is 35.8 Å². The largest absolute Gasteiger partial charge is 0.459 e. The number of thioether (sulfide) groups is 1. The average molecular weight is 507 g/mol. The fourth-order valence-corrected chi connectivity index (χ4v) is 4.17. The molecule has 0 fully saturated rings. The molecule has 2 atom stereocenters. The Morgan fingerprint density at radius 3 is 1.78 bits per heavy atom. The van der Waals surface area contributed by atoms with Crippen LogP contribution in [0.25, 0.3) is 0 Å². The maximum atomic E-state index is 12.8. The van der Waals surface area contributed by atoms with Crippen molar-refractivity contribution in [2.24, 2.45) is 0 Å². The molecule has 3 aromatic carbocycles. The van der Waals surface area contributed by atoms with Crippen LogP contribution >= 0.6 is 11.8 Å². The molecular formula is C28H30N2O5S. The summed E-state index contributed by atoms with van der Waals surface area (Å²) in [5, 5.41) is 5.22. The Labute approximate surface area is 215 Å². The normalized spacial score (nSPS) is 12.1. The second kappa shape index (κ2) is 14.6. The van der Waals surface area contributed by atoms with Gasteiger partial charge in [0, 0.05) is 11.5 Å². The van der Waals surface area contributed by atoms with Crippen LogP contribution in [0.4, 0.5) is 4.79 Å². The Bertz CT molecular complexity index is 1100. The maximum absolute atomic E-state index is 12.8. The van der Waals surface area contributed by atoms with Gasteiger partial charge in [0.15, 0.2) is 0 Å². The number of carbonyl (C=O) groups is 3. The SMILES string of the molecule is C[C@@H](NC(=O)OCc1ccccc1)C(=O)N[C@@H](CSCc1ccccc1)C(=O)OCc1ccccc1. The van der Waals surface area contributed by atoms with Gasteiger partial charge in [-0.2, -0.15) is 11.8 Å². The molecule has 0 aliphatic rings. The van der Waals surface area contributed by atoms with E-state index >= 15 is 0 Å². The van der Waals surface area contributed by atoms with E-state index in [0.717, 1.165) is 16.7 Å². The highest BCUT2D eigenvalue weighted by Gasteiger charge is 2.26. The van der Waals surface area contributed by atoms with Gasteiger partial charge in [-0.25, -0.2) is 9.59 Å². The maximum Gasteiger partial charge on any atom is 0.408 e. The van der Waals surface area contributed by atoms with Crippen LogP contribution in [0, 0.1) is 0 Å². The molecule has 0 unspecified atom stereocenters. The van der Waals surface area contributed by atoms with E-state index in [4.69, 9.17) is 9.47 Å². The molecule has 8 heteroatoms. The molecule has 0 aromatic heterocycles. The molecule has 188 valence electrons. The molecule has 3 rings (SSSR count). The number of nitrogens with one attached hydrogen (secondary N) is 2. The molecule has 0 radical (unpaired) electrons. The molecule has 3 aromatic rings. The number of hydrogen-bond acceptors (Lipinski definition) is 6. The van der Waals surface area contributed by atoms with E-state index in [0.29, 0.717) is 11.5 Å². The predicted octanol–water partition coefficient (Wildman–Crippen LogP) is 4.46. The summed E-state index contributed by atoms with van der Waals surface area (Å²) in [5.41, 5.74) is 2.80. The summed E-state index contributed by atoms with van der Waals surface area (Å²) in [7, 11) is 0. The second-order valence-corrected chi connectivity index (χ2v) is 9.11. The lowest BCUT2D eigenvalue weighted by molar-refractivity contribution is -0.148. The Kier molecular flexibility index (Phi) is 10.9. The first-order chi connectivity index (χ1) is 17.5. The van der Waals surface area contributed by atoms with Crippen molar-refractivity contribution in [1.29, 1.82) is 0 Å². The van der Waals surface area contributed by atoms with Crippen molar-refractivity contribution in [3.8, 4) is 0 Å². The minimum absolute atomic E-state index is 0.0889. The van der Waals surface area contributed by atoms with Gasteiger partial charge in [-0.3, -0.25) is 4.79 Å². The van der Waals surface area contributed by atoms with Crippen LogP contribution < -0.4 is 10.6 Å². The van der Waals surface area contributed by atoms with Crippen molar-refractivity contribution >= 4 is 29.7 Å². The summed E-state index contributed by atoms with van der Waals surface area (Å²) in [5.74, 6) is -0.0432. The molecule has 2 amide bonds.